The number of aromatic nitrogens is 1. The number of ether oxygens (including phenoxy) is 2. The Balaban J connectivity index is 0.967. The van der Waals surface area contributed by atoms with Crippen molar-refractivity contribution in [1.29, 1.82) is 0 Å². The number of aliphatic hydroxyl groups excluding tert-OH is 1. The first kappa shape index (κ1) is 37.9. The number of aryl methyl sites for hydroxylation is 2. The van der Waals surface area contributed by atoms with Crippen LogP contribution in [0.4, 0.5) is 17.1 Å². The highest BCUT2D eigenvalue weighted by atomic mass is 32.2. The van der Waals surface area contributed by atoms with Crippen LogP contribution in [0, 0.1) is 13.8 Å². The number of carbonyl (C=O) groups excluding carboxylic acids is 2. The number of fused-ring (bicyclic) bond motifs is 2. The molecule has 2 heterocycles. The van der Waals surface area contributed by atoms with Crippen molar-refractivity contribution in [2.45, 2.75) is 82.6 Å². The Labute approximate surface area is 305 Å². The average molecular weight is 714 g/mol. The molecule has 1 aliphatic rings. The molecule has 0 radical (unpaired) electrons. The van der Waals surface area contributed by atoms with Gasteiger partial charge in [-0.05, 0) is 86.5 Å². The minimum absolute atomic E-state index is 0.0267. The number of unbranched alkanes of at least 4 members (excludes halogenated alkanes) is 8. The summed E-state index contributed by atoms with van der Waals surface area (Å²) in [7, 11) is 1.63. The summed E-state index contributed by atoms with van der Waals surface area (Å²) in [6.45, 7) is 5.28. The molecule has 1 aliphatic heterocycles. The minimum Gasteiger partial charge on any atom is -0.497 e. The molecule has 3 aromatic carbocycles. The van der Waals surface area contributed by atoms with E-state index >= 15 is 0 Å². The van der Waals surface area contributed by atoms with Crippen LogP contribution in [0.3, 0.4) is 0 Å². The lowest BCUT2D eigenvalue weighted by atomic mass is 10.0. The Bertz CT molecular complexity index is 1820. The minimum atomic E-state index is -0.696. The third kappa shape index (κ3) is 10.6. The quantitative estimate of drug-likeness (QED) is 0.0455. The van der Waals surface area contributed by atoms with E-state index in [1.54, 1.807) is 13.3 Å². The SMILES string of the molecule is COc1cccc(Nc2c(C(N)=O)cnc3c(C)cc(SCCCCCCCCCCCNC[C@H](O)c4cc(C)cc5c4OCC(=O)N5)cc23)c1. The van der Waals surface area contributed by atoms with E-state index in [9.17, 15) is 14.7 Å². The third-order valence-electron chi connectivity index (χ3n) is 9.09. The maximum Gasteiger partial charge on any atom is 0.262 e. The largest absolute Gasteiger partial charge is 0.497 e. The van der Waals surface area contributed by atoms with E-state index < -0.39 is 12.0 Å². The Hall–Kier alpha value is -4.32. The van der Waals surface area contributed by atoms with Gasteiger partial charge < -0.3 is 36.3 Å². The van der Waals surface area contributed by atoms with Crippen LogP contribution in [-0.2, 0) is 4.79 Å². The van der Waals surface area contributed by atoms with Crippen molar-refractivity contribution in [1.82, 2.24) is 10.3 Å². The molecule has 6 N–H and O–H groups in total. The molecule has 1 atom stereocenters. The lowest BCUT2D eigenvalue weighted by Gasteiger charge is -2.24. The number of hydrogen-bond donors (Lipinski definition) is 5. The van der Waals surface area contributed by atoms with Crippen LogP contribution in [0.1, 0.15) is 90.9 Å². The van der Waals surface area contributed by atoms with Crippen molar-refractivity contribution in [3.8, 4) is 11.5 Å². The molecule has 0 saturated carbocycles. The Morgan fingerprint density at radius 3 is 2.53 bits per heavy atom. The molecule has 4 aromatic rings. The second-order valence-electron chi connectivity index (χ2n) is 13.2. The molecule has 0 fully saturated rings. The molecule has 0 saturated heterocycles. The molecule has 0 spiro atoms. The summed E-state index contributed by atoms with van der Waals surface area (Å²) < 4.78 is 11.0. The zero-order valence-corrected chi connectivity index (χ0v) is 30.8. The summed E-state index contributed by atoms with van der Waals surface area (Å²) >= 11 is 1.84. The fourth-order valence-corrected chi connectivity index (χ4v) is 7.50. The van der Waals surface area contributed by atoms with Gasteiger partial charge in [0.2, 0.25) is 0 Å². The molecule has 2 amide bonds. The van der Waals surface area contributed by atoms with Gasteiger partial charge in [-0.1, -0.05) is 51.0 Å². The summed E-state index contributed by atoms with van der Waals surface area (Å²) in [5, 5.41) is 21.2. The van der Waals surface area contributed by atoms with Gasteiger partial charge in [0.25, 0.3) is 11.8 Å². The molecule has 0 unspecified atom stereocenters. The first-order valence-corrected chi connectivity index (χ1v) is 18.9. The summed E-state index contributed by atoms with van der Waals surface area (Å²) in [4.78, 5) is 29.8. The van der Waals surface area contributed by atoms with Crippen LogP contribution in [-0.4, -0.2) is 54.5 Å². The summed E-state index contributed by atoms with van der Waals surface area (Å²) in [6, 6.07) is 15.7. The number of carbonyl (C=O) groups is 2. The van der Waals surface area contributed by atoms with Crippen molar-refractivity contribution >= 4 is 51.5 Å². The van der Waals surface area contributed by atoms with Crippen LogP contribution in [0.5, 0.6) is 11.5 Å². The van der Waals surface area contributed by atoms with Gasteiger partial charge >= 0.3 is 0 Å². The maximum absolute atomic E-state index is 12.4. The first-order chi connectivity index (χ1) is 24.7. The van der Waals surface area contributed by atoms with Crippen LogP contribution in [0.15, 0.2) is 59.6 Å². The van der Waals surface area contributed by atoms with Crippen LogP contribution >= 0.6 is 11.8 Å². The number of rotatable bonds is 20. The topological polar surface area (TPSA) is 148 Å². The molecule has 5 rings (SSSR count). The zero-order chi connectivity index (χ0) is 36.2. The number of methoxy groups -OCH3 is 1. The van der Waals surface area contributed by atoms with Crippen molar-refractivity contribution in [2.75, 3.05) is 43.2 Å². The number of benzene rings is 3. The molecular formula is C40H51N5O5S. The van der Waals surface area contributed by atoms with Gasteiger partial charge in [-0.3, -0.25) is 14.6 Å². The number of anilines is 3. The van der Waals surface area contributed by atoms with Crippen LogP contribution in [0.2, 0.25) is 0 Å². The third-order valence-corrected chi connectivity index (χ3v) is 10.1. The van der Waals surface area contributed by atoms with E-state index in [0.717, 1.165) is 63.5 Å². The highest BCUT2D eigenvalue weighted by Gasteiger charge is 2.23. The molecule has 51 heavy (non-hydrogen) atoms. The van der Waals surface area contributed by atoms with E-state index in [-0.39, 0.29) is 12.5 Å². The Kier molecular flexibility index (Phi) is 14.0. The van der Waals surface area contributed by atoms with Crippen LogP contribution in [0.25, 0.3) is 10.9 Å². The number of hydrogen-bond acceptors (Lipinski definition) is 9. The van der Waals surface area contributed by atoms with Crippen molar-refractivity contribution in [2.24, 2.45) is 5.73 Å². The molecule has 10 nitrogen and oxygen atoms in total. The van der Waals surface area contributed by atoms with Gasteiger partial charge in [0.05, 0.1) is 35.7 Å². The summed E-state index contributed by atoms with van der Waals surface area (Å²) in [6.07, 6.45) is 11.7. The van der Waals surface area contributed by atoms with Gasteiger partial charge in [-0.2, -0.15) is 0 Å². The van der Waals surface area contributed by atoms with E-state index in [2.05, 4.69) is 40.0 Å². The zero-order valence-electron chi connectivity index (χ0n) is 30.0. The fraction of sp³-hybridized carbons (Fsp3) is 0.425. The van der Waals surface area contributed by atoms with Gasteiger partial charge in [0.15, 0.2) is 6.61 Å². The number of amides is 2. The summed E-state index contributed by atoms with van der Waals surface area (Å²) in [5.41, 5.74) is 11.8. The predicted molar refractivity (Wildman–Crippen MR) is 207 cm³/mol. The summed E-state index contributed by atoms with van der Waals surface area (Å²) in [5.74, 6) is 1.62. The molecule has 0 aliphatic carbocycles. The second-order valence-corrected chi connectivity index (χ2v) is 14.4. The van der Waals surface area contributed by atoms with E-state index in [0.29, 0.717) is 34.8 Å². The van der Waals surface area contributed by atoms with Gasteiger partial charge in [0, 0.05) is 40.3 Å². The predicted octanol–water partition coefficient (Wildman–Crippen LogP) is 7.96. The van der Waals surface area contributed by atoms with Crippen molar-refractivity contribution in [3.05, 3.63) is 77.0 Å². The van der Waals surface area contributed by atoms with Crippen molar-refractivity contribution in [3.63, 3.8) is 0 Å². The smallest absolute Gasteiger partial charge is 0.262 e. The lowest BCUT2D eigenvalue weighted by Crippen LogP contribution is -2.28. The number of nitrogens with zero attached hydrogens (tertiary/aromatic N) is 1. The van der Waals surface area contributed by atoms with Crippen molar-refractivity contribution < 1.29 is 24.2 Å². The Morgan fingerprint density at radius 1 is 1.04 bits per heavy atom. The fourth-order valence-electron chi connectivity index (χ4n) is 6.45. The normalized spacial score (nSPS) is 13.0. The second kappa shape index (κ2) is 18.8. The molecule has 272 valence electrons. The average Bonchev–Trinajstić information content (AvgIpc) is 3.11. The molecular weight excluding hydrogens is 663 g/mol. The monoisotopic (exact) mass is 713 g/mol. The standard InChI is InChI=1S/C40H51N5O5S/c1-26-18-31(39-34(19-26)45-36(47)25-50-39)35(46)24-42-16-11-9-7-5-4-6-8-10-12-17-51-30-20-27(2)37-32(22-30)38(33(23-43-37)40(41)48)44-28-14-13-15-29(21-28)49-3/h13-15,18-23,35,42,46H,4-12,16-17,24-25H2,1-3H3,(H2,41,48)(H,43,44)(H,45,47)/t35-/m0/s1. The number of pyridine rings is 1. The van der Waals surface area contributed by atoms with Gasteiger partial charge in [-0.15, -0.1) is 11.8 Å². The van der Waals surface area contributed by atoms with Gasteiger partial charge in [0.1, 0.15) is 11.5 Å². The van der Waals surface area contributed by atoms with E-state index in [1.165, 1.54) is 44.9 Å². The number of thioether (sulfide) groups is 1. The lowest BCUT2D eigenvalue weighted by molar-refractivity contribution is -0.118. The van der Waals surface area contributed by atoms with Gasteiger partial charge in [-0.25, -0.2) is 0 Å². The first-order valence-electron chi connectivity index (χ1n) is 18.0. The van der Waals surface area contributed by atoms with E-state index in [1.807, 2.05) is 55.1 Å². The number of primary amides is 1. The maximum atomic E-state index is 12.4. The number of aliphatic hydroxyl groups is 1. The highest BCUT2D eigenvalue weighted by molar-refractivity contribution is 7.99. The number of nitrogens with two attached hydrogens (primary N) is 1. The molecule has 1 aromatic heterocycles. The van der Waals surface area contributed by atoms with Crippen LogP contribution < -0.4 is 31.2 Å². The van der Waals surface area contributed by atoms with E-state index in [4.69, 9.17) is 15.2 Å². The number of nitrogens with one attached hydrogen (secondary N) is 3. The highest BCUT2D eigenvalue weighted by Crippen LogP contribution is 2.37. The molecule has 0 bridgehead atoms. The molecule has 11 heteroatoms. The Morgan fingerprint density at radius 2 is 1.78 bits per heavy atom.